The zero-order valence-electron chi connectivity index (χ0n) is 10.2. The van der Waals surface area contributed by atoms with Gasteiger partial charge in [-0.3, -0.25) is 15.2 Å². The first-order valence-corrected chi connectivity index (χ1v) is 5.44. The Labute approximate surface area is 103 Å². The van der Waals surface area contributed by atoms with Crippen LogP contribution in [0.4, 0.5) is 11.5 Å². The number of aromatic nitrogens is 2. The number of hydrogen-bond acceptors (Lipinski definition) is 4. The number of aromatic amines is 1. The Kier molecular flexibility index (Phi) is 2.93. The van der Waals surface area contributed by atoms with E-state index >= 15 is 0 Å². The van der Waals surface area contributed by atoms with Crippen LogP contribution in [0, 0.1) is 13.8 Å². The lowest BCUT2D eigenvalue weighted by atomic mass is 10.1. The molecule has 0 fully saturated rings. The minimum atomic E-state index is -0.595. The maximum absolute atomic E-state index is 11.7. The number of benzene rings is 1. The smallest absolute Gasteiger partial charge is 0.349 e. The quantitative estimate of drug-likeness (QED) is 0.723. The highest BCUT2D eigenvalue weighted by Gasteiger charge is 2.06. The van der Waals surface area contributed by atoms with Gasteiger partial charge in [-0.25, -0.2) is 4.79 Å². The fourth-order valence-corrected chi connectivity index (χ4v) is 1.73. The van der Waals surface area contributed by atoms with Crippen LogP contribution in [0.1, 0.15) is 11.1 Å². The molecule has 0 aliphatic rings. The van der Waals surface area contributed by atoms with E-state index in [0.29, 0.717) is 0 Å². The molecular formula is C12H14N4O2. The number of H-pyrrole nitrogens is 1. The summed E-state index contributed by atoms with van der Waals surface area (Å²) in [5, 5.41) is 0. The van der Waals surface area contributed by atoms with Crippen LogP contribution in [0.3, 0.4) is 0 Å². The SMILES string of the molecule is Cc1cccc(C)c1Nn1c(N)cc(=O)[nH]c1=O. The number of nitrogens with one attached hydrogen (secondary N) is 2. The number of aryl methyl sites for hydroxylation is 2. The molecule has 0 bridgehead atoms. The molecule has 0 aliphatic carbocycles. The van der Waals surface area contributed by atoms with Crippen molar-refractivity contribution < 1.29 is 0 Å². The van der Waals surface area contributed by atoms with E-state index in [9.17, 15) is 9.59 Å². The third-order valence-corrected chi connectivity index (χ3v) is 2.68. The summed E-state index contributed by atoms with van der Waals surface area (Å²) in [4.78, 5) is 24.9. The summed E-state index contributed by atoms with van der Waals surface area (Å²) < 4.78 is 1.11. The van der Waals surface area contributed by atoms with Crippen LogP contribution >= 0.6 is 0 Å². The Morgan fingerprint density at radius 2 is 1.83 bits per heavy atom. The van der Waals surface area contributed by atoms with Gasteiger partial charge < -0.3 is 5.73 Å². The molecule has 2 rings (SSSR count). The maximum Gasteiger partial charge on any atom is 0.349 e. The molecule has 2 aromatic rings. The maximum atomic E-state index is 11.7. The summed E-state index contributed by atoms with van der Waals surface area (Å²) in [6, 6.07) is 6.92. The lowest BCUT2D eigenvalue weighted by molar-refractivity contribution is 0.841. The van der Waals surface area contributed by atoms with E-state index in [2.05, 4.69) is 10.4 Å². The molecule has 0 saturated carbocycles. The number of rotatable bonds is 2. The van der Waals surface area contributed by atoms with E-state index in [-0.39, 0.29) is 5.82 Å². The molecule has 0 amide bonds. The van der Waals surface area contributed by atoms with Crippen LogP contribution in [0.5, 0.6) is 0 Å². The molecule has 1 heterocycles. The number of anilines is 2. The molecule has 0 atom stereocenters. The van der Waals surface area contributed by atoms with E-state index < -0.39 is 11.2 Å². The Morgan fingerprint density at radius 1 is 1.22 bits per heavy atom. The first kappa shape index (κ1) is 12.0. The van der Waals surface area contributed by atoms with Crippen molar-refractivity contribution in [3.05, 3.63) is 56.2 Å². The average Bonchev–Trinajstić information content (AvgIpc) is 2.26. The summed E-state index contributed by atoms with van der Waals surface area (Å²) in [6.45, 7) is 3.84. The minimum Gasteiger partial charge on any atom is -0.383 e. The highest BCUT2D eigenvalue weighted by Crippen LogP contribution is 2.19. The van der Waals surface area contributed by atoms with Gasteiger partial charge in [0.2, 0.25) is 0 Å². The summed E-state index contributed by atoms with van der Waals surface area (Å²) in [7, 11) is 0. The van der Waals surface area contributed by atoms with Gasteiger partial charge in [0.15, 0.2) is 0 Å². The Balaban J connectivity index is 2.54. The fourth-order valence-electron chi connectivity index (χ4n) is 1.73. The third-order valence-electron chi connectivity index (χ3n) is 2.68. The van der Waals surface area contributed by atoms with Gasteiger partial charge in [-0.15, -0.1) is 0 Å². The molecule has 1 aromatic heterocycles. The van der Waals surface area contributed by atoms with Crippen LogP contribution in [0.2, 0.25) is 0 Å². The van der Waals surface area contributed by atoms with Crippen molar-refractivity contribution in [2.45, 2.75) is 13.8 Å². The molecule has 4 N–H and O–H groups in total. The lowest BCUT2D eigenvalue weighted by Gasteiger charge is -2.15. The number of hydrogen-bond donors (Lipinski definition) is 3. The number of nitrogen functional groups attached to an aromatic ring is 1. The fraction of sp³-hybridized carbons (Fsp3) is 0.167. The summed E-state index contributed by atoms with van der Waals surface area (Å²) in [5.41, 5.74) is 10.2. The monoisotopic (exact) mass is 246 g/mol. The first-order chi connectivity index (χ1) is 8.49. The molecule has 0 aliphatic heterocycles. The molecule has 6 heteroatoms. The zero-order chi connectivity index (χ0) is 13.3. The Hall–Kier alpha value is -2.50. The van der Waals surface area contributed by atoms with Crippen molar-refractivity contribution in [3.63, 3.8) is 0 Å². The van der Waals surface area contributed by atoms with Gasteiger partial charge >= 0.3 is 5.69 Å². The van der Waals surface area contributed by atoms with Crippen molar-refractivity contribution in [2.75, 3.05) is 11.2 Å². The second kappa shape index (κ2) is 4.40. The van der Waals surface area contributed by atoms with E-state index in [1.54, 1.807) is 0 Å². The normalized spacial score (nSPS) is 10.3. The molecule has 6 nitrogen and oxygen atoms in total. The molecular weight excluding hydrogens is 232 g/mol. The average molecular weight is 246 g/mol. The lowest BCUT2D eigenvalue weighted by Crippen LogP contribution is -2.35. The van der Waals surface area contributed by atoms with Gasteiger partial charge in [0.25, 0.3) is 5.56 Å². The van der Waals surface area contributed by atoms with Gasteiger partial charge in [0.05, 0.1) is 5.69 Å². The molecule has 94 valence electrons. The van der Waals surface area contributed by atoms with Crippen LogP contribution < -0.4 is 22.4 Å². The highest BCUT2D eigenvalue weighted by molar-refractivity contribution is 5.57. The van der Waals surface area contributed by atoms with E-state index in [1.165, 1.54) is 0 Å². The third kappa shape index (κ3) is 2.13. The predicted octanol–water partition coefficient (Wildman–Crippen LogP) is 0.611. The Bertz CT molecular complexity index is 680. The van der Waals surface area contributed by atoms with E-state index in [0.717, 1.165) is 27.6 Å². The van der Waals surface area contributed by atoms with Crippen LogP contribution in [-0.2, 0) is 0 Å². The molecule has 0 unspecified atom stereocenters. The van der Waals surface area contributed by atoms with Gasteiger partial charge in [-0.2, -0.15) is 4.68 Å². The Morgan fingerprint density at radius 3 is 2.39 bits per heavy atom. The van der Waals surface area contributed by atoms with E-state index in [1.807, 2.05) is 32.0 Å². The summed E-state index contributed by atoms with van der Waals surface area (Å²) in [5.74, 6) is 0.0615. The van der Waals surface area contributed by atoms with Crippen molar-refractivity contribution in [1.29, 1.82) is 0 Å². The summed E-state index contributed by atoms with van der Waals surface area (Å²) in [6.07, 6.45) is 0. The second-order valence-electron chi connectivity index (χ2n) is 4.08. The topological polar surface area (TPSA) is 92.9 Å². The molecule has 0 saturated heterocycles. The minimum absolute atomic E-state index is 0.0615. The van der Waals surface area contributed by atoms with Crippen molar-refractivity contribution in [2.24, 2.45) is 0 Å². The van der Waals surface area contributed by atoms with Gasteiger partial charge in [0, 0.05) is 6.07 Å². The summed E-state index contributed by atoms with van der Waals surface area (Å²) >= 11 is 0. The molecule has 1 aromatic carbocycles. The van der Waals surface area contributed by atoms with Crippen molar-refractivity contribution >= 4 is 11.5 Å². The molecule has 18 heavy (non-hydrogen) atoms. The predicted molar refractivity (Wildman–Crippen MR) is 70.7 cm³/mol. The standard InChI is InChI=1S/C12H14N4O2/c1-7-4-3-5-8(2)11(7)15-16-9(13)6-10(17)14-12(16)18/h3-6,15H,13H2,1-2H3,(H,14,17,18). The second-order valence-corrected chi connectivity index (χ2v) is 4.08. The number of nitrogens with zero attached hydrogens (tertiary/aromatic N) is 1. The number of nitrogens with two attached hydrogens (primary N) is 1. The van der Waals surface area contributed by atoms with E-state index in [4.69, 9.17) is 5.73 Å². The first-order valence-electron chi connectivity index (χ1n) is 5.44. The largest absolute Gasteiger partial charge is 0.383 e. The van der Waals surface area contributed by atoms with Crippen molar-refractivity contribution in [3.8, 4) is 0 Å². The van der Waals surface area contributed by atoms with Gasteiger partial charge in [-0.1, -0.05) is 18.2 Å². The van der Waals surface area contributed by atoms with Gasteiger partial charge in [0.1, 0.15) is 5.82 Å². The molecule has 0 radical (unpaired) electrons. The highest BCUT2D eigenvalue weighted by atomic mass is 16.2. The van der Waals surface area contributed by atoms with Gasteiger partial charge in [-0.05, 0) is 25.0 Å². The number of para-hydroxylation sites is 1. The van der Waals surface area contributed by atoms with Crippen LogP contribution in [0.15, 0.2) is 33.9 Å². The van der Waals surface area contributed by atoms with Crippen LogP contribution in [0.25, 0.3) is 0 Å². The van der Waals surface area contributed by atoms with Crippen molar-refractivity contribution in [1.82, 2.24) is 9.66 Å². The van der Waals surface area contributed by atoms with Crippen LogP contribution in [-0.4, -0.2) is 9.66 Å². The zero-order valence-corrected chi connectivity index (χ0v) is 10.2. The molecule has 0 spiro atoms.